The summed E-state index contributed by atoms with van der Waals surface area (Å²) in [6.45, 7) is 0. The van der Waals surface area contributed by atoms with Crippen LogP contribution >= 0.6 is 34.7 Å². The largest absolute Gasteiger partial charge is 0.268 e. The first-order valence-electron chi connectivity index (χ1n) is 9.42. The van der Waals surface area contributed by atoms with Crippen LogP contribution in [0.3, 0.4) is 0 Å². The van der Waals surface area contributed by atoms with Crippen LogP contribution in [0.15, 0.2) is 52.4 Å². The maximum Gasteiger partial charge on any atom is 0.267 e. The van der Waals surface area contributed by atoms with Crippen molar-refractivity contribution in [2.45, 2.75) is 30.2 Å². The number of hydrogen-bond donors (Lipinski definition) is 0. The van der Waals surface area contributed by atoms with Gasteiger partial charge in [-0.3, -0.25) is 9.36 Å². The lowest BCUT2D eigenvalue weighted by Crippen LogP contribution is -2.21. The third kappa shape index (κ3) is 3.35. The molecule has 0 aliphatic heterocycles. The van der Waals surface area contributed by atoms with Gasteiger partial charge in [0.25, 0.3) is 5.56 Å². The maximum absolute atomic E-state index is 14.1. The van der Waals surface area contributed by atoms with E-state index in [1.165, 1.54) is 27.6 Å². The number of thiophene rings is 1. The zero-order valence-electron chi connectivity index (χ0n) is 15.6. The smallest absolute Gasteiger partial charge is 0.267 e. The number of halogens is 3. The molecule has 0 saturated heterocycles. The summed E-state index contributed by atoms with van der Waals surface area (Å²) < 4.78 is 29.7. The van der Waals surface area contributed by atoms with Crippen molar-refractivity contribution in [1.82, 2.24) is 9.55 Å². The first-order valence-corrected chi connectivity index (χ1v) is 11.6. The summed E-state index contributed by atoms with van der Waals surface area (Å²) in [5.41, 5.74) is 1.52. The van der Waals surface area contributed by atoms with Crippen LogP contribution < -0.4 is 5.56 Å². The van der Waals surface area contributed by atoms with E-state index in [1.54, 1.807) is 35.6 Å². The molecule has 2 aromatic heterocycles. The third-order valence-corrected chi connectivity index (χ3v) is 7.60. The molecule has 0 unspecified atom stereocenters. The lowest BCUT2D eigenvalue weighted by Gasteiger charge is -2.13. The average Bonchev–Trinajstić information content (AvgIpc) is 3.29. The minimum absolute atomic E-state index is 0.0229. The zero-order chi connectivity index (χ0) is 20.8. The van der Waals surface area contributed by atoms with Gasteiger partial charge < -0.3 is 0 Å². The van der Waals surface area contributed by atoms with E-state index in [1.807, 2.05) is 0 Å². The van der Waals surface area contributed by atoms with Gasteiger partial charge in [0.05, 0.1) is 11.1 Å². The predicted molar refractivity (Wildman–Crippen MR) is 118 cm³/mol. The van der Waals surface area contributed by atoms with Crippen molar-refractivity contribution >= 4 is 44.9 Å². The Labute approximate surface area is 184 Å². The Morgan fingerprint density at radius 2 is 1.83 bits per heavy atom. The SMILES string of the molecule is O=c1c2c3c(sc2nc(SCc2c(F)cccc2F)n1-c1ccc(Cl)cc1)CCC3. The molecule has 0 spiro atoms. The van der Waals surface area contributed by atoms with Crippen LogP contribution in [0.4, 0.5) is 8.78 Å². The summed E-state index contributed by atoms with van der Waals surface area (Å²) in [5, 5.41) is 1.61. The molecule has 0 radical (unpaired) electrons. The van der Waals surface area contributed by atoms with E-state index in [9.17, 15) is 13.6 Å². The molecule has 1 aliphatic rings. The molecular weight excluding hydrogens is 446 g/mol. The predicted octanol–water partition coefficient (Wildman–Crippen LogP) is 6.16. The van der Waals surface area contributed by atoms with Gasteiger partial charge >= 0.3 is 0 Å². The van der Waals surface area contributed by atoms with Gasteiger partial charge in [-0.1, -0.05) is 29.4 Å². The molecule has 8 heteroatoms. The molecule has 0 atom stereocenters. The topological polar surface area (TPSA) is 34.9 Å². The number of aromatic nitrogens is 2. The molecule has 152 valence electrons. The lowest BCUT2D eigenvalue weighted by atomic mass is 10.2. The van der Waals surface area contributed by atoms with Gasteiger partial charge in [-0.15, -0.1) is 11.3 Å². The average molecular weight is 461 g/mol. The second-order valence-corrected chi connectivity index (χ2v) is 9.50. The Hall–Kier alpha value is -2.22. The molecule has 3 nitrogen and oxygen atoms in total. The molecule has 0 amide bonds. The van der Waals surface area contributed by atoms with Gasteiger partial charge in [0.2, 0.25) is 0 Å². The summed E-state index contributed by atoms with van der Waals surface area (Å²) in [6.07, 6.45) is 2.88. The van der Waals surface area contributed by atoms with E-state index in [0.29, 0.717) is 26.1 Å². The van der Waals surface area contributed by atoms with Crippen molar-refractivity contribution in [2.24, 2.45) is 0 Å². The molecule has 0 bridgehead atoms. The quantitative estimate of drug-likeness (QED) is 0.270. The van der Waals surface area contributed by atoms with Crippen LogP contribution in [-0.4, -0.2) is 9.55 Å². The van der Waals surface area contributed by atoms with Crippen molar-refractivity contribution < 1.29 is 8.78 Å². The fraction of sp³-hybridized carbons (Fsp3) is 0.182. The molecule has 30 heavy (non-hydrogen) atoms. The van der Waals surface area contributed by atoms with Gasteiger partial charge in [-0.2, -0.15) is 0 Å². The number of rotatable bonds is 4. The standard InChI is InChI=1S/C22H15ClF2N2OS2/c23-12-7-9-13(10-8-12)27-21(28)19-14-3-1-6-18(14)30-20(19)26-22(27)29-11-15-16(24)4-2-5-17(15)25/h2,4-5,7-10H,1,3,6,11H2. The summed E-state index contributed by atoms with van der Waals surface area (Å²) in [4.78, 5) is 20.2. The Bertz CT molecular complexity index is 1310. The summed E-state index contributed by atoms with van der Waals surface area (Å²) in [6, 6.07) is 10.7. The van der Waals surface area contributed by atoms with Gasteiger partial charge in [0.15, 0.2) is 5.16 Å². The van der Waals surface area contributed by atoms with Crippen molar-refractivity contribution in [2.75, 3.05) is 0 Å². The minimum Gasteiger partial charge on any atom is -0.268 e. The fourth-order valence-electron chi connectivity index (χ4n) is 3.75. The van der Waals surface area contributed by atoms with Crippen LogP contribution in [-0.2, 0) is 18.6 Å². The van der Waals surface area contributed by atoms with E-state index in [-0.39, 0.29) is 16.9 Å². The van der Waals surface area contributed by atoms with Gasteiger partial charge in [-0.05, 0) is 61.2 Å². The van der Waals surface area contributed by atoms with Crippen LogP contribution in [0.2, 0.25) is 5.02 Å². The van der Waals surface area contributed by atoms with E-state index in [4.69, 9.17) is 16.6 Å². The van der Waals surface area contributed by atoms with Gasteiger partial charge in [0.1, 0.15) is 16.5 Å². The Morgan fingerprint density at radius 1 is 1.10 bits per heavy atom. The highest BCUT2D eigenvalue weighted by atomic mass is 35.5. The normalized spacial score (nSPS) is 13.2. The molecule has 4 aromatic rings. The molecule has 1 aliphatic carbocycles. The van der Waals surface area contributed by atoms with E-state index in [0.717, 1.165) is 36.6 Å². The Morgan fingerprint density at radius 3 is 2.57 bits per heavy atom. The fourth-order valence-corrected chi connectivity index (χ4v) is 6.20. The molecule has 0 fully saturated rings. The first kappa shape index (κ1) is 19.7. The molecule has 2 heterocycles. The van der Waals surface area contributed by atoms with Crippen molar-refractivity contribution in [3.05, 3.63) is 85.5 Å². The summed E-state index contributed by atoms with van der Waals surface area (Å²) in [7, 11) is 0. The summed E-state index contributed by atoms with van der Waals surface area (Å²) >= 11 is 8.70. The highest BCUT2D eigenvalue weighted by Gasteiger charge is 2.24. The minimum atomic E-state index is -0.612. The maximum atomic E-state index is 14.1. The number of hydrogen-bond acceptors (Lipinski definition) is 4. The van der Waals surface area contributed by atoms with E-state index < -0.39 is 11.6 Å². The Kier molecular flexibility index (Phi) is 5.13. The molecule has 0 N–H and O–H groups in total. The number of aryl methyl sites for hydroxylation is 2. The monoisotopic (exact) mass is 460 g/mol. The van der Waals surface area contributed by atoms with Crippen molar-refractivity contribution in [1.29, 1.82) is 0 Å². The number of nitrogens with zero attached hydrogens (tertiary/aromatic N) is 2. The second kappa shape index (κ2) is 7.80. The zero-order valence-corrected chi connectivity index (χ0v) is 18.0. The van der Waals surface area contributed by atoms with Crippen LogP contribution in [0.25, 0.3) is 15.9 Å². The third-order valence-electron chi connectivity index (χ3n) is 5.20. The van der Waals surface area contributed by atoms with Crippen LogP contribution in [0, 0.1) is 11.6 Å². The highest BCUT2D eigenvalue weighted by Crippen LogP contribution is 2.36. The summed E-state index contributed by atoms with van der Waals surface area (Å²) in [5.74, 6) is -1.20. The first-order chi connectivity index (χ1) is 14.5. The number of fused-ring (bicyclic) bond motifs is 3. The van der Waals surface area contributed by atoms with Crippen LogP contribution in [0.1, 0.15) is 22.4 Å². The van der Waals surface area contributed by atoms with Crippen LogP contribution in [0.5, 0.6) is 0 Å². The van der Waals surface area contributed by atoms with Crippen molar-refractivity contribution in [3.63, 3.8) is 0 Å². The lowest BCUT2D eigenvalue weighted by molar-refractivity contribution is 0.566. The molecular formula is C22H15ClF2N2OS2. The van der Waals surface area contributed by atoms with E-state index in [2.05, 4.69) is 0 Å². The molecule has 2 aromatic carbocycles. The molecule has 5 rings (SSSR count). The van der Waals surface area contributed by atoms with Crippen molar-refractivity contribution in [3.8, 4) is 5.69 Å². The molecule has 0 saturated carbocycles. The highest BCUT2D eigenvalue weighted by molar-refractivity contribution is 7.98. The van der Waals surface area contributed by atoms with E-state index >= 15 is 0 Å². The Balaban J connectivity index is 1.67. The number of benzene rings is 2. The van der Waals surface area contributed by atoms with Gasteiger partial charge in [-0.25, -0.2) is 13.8 Å². The van der Waals surface area contributed by atoms with Gasteiger partial charge in [0, 0.05) is 21.2 Å². The number of thioether (sulfide) groups is 1. The second-order valence-electron chi connectivity index (χ2n) is 7.04.